The van der Waals surface area contributed by atoms with Gasteiger partial charge in [-0.1, -0.05) is 15.9 Å². The van der Waals surface area contributed by atoms with Crippen molar-refractivity contribution in [1.82, 2.24) is 0 Å². The fraction of sp³-hybridized carbons (Fsp3) is 0.500. The number of allylic oxidation sites excluding steroid dienone is 4. The fourth-order valence-corrected chi connectivity index (χ4v) is 1.83. The molecule has 0 radical (unpaired) electrons. The van der Waals surface area contributed by atoms with Gasteiger partial charge in [0.25, 0.3) is 0 Å². The predicted octanol–water partition coefficient (Wildman–Crippen LogP) is 3.03. The molecule has 14 heavy (non-hydrogen) atoms. The lowest BCUT2D eigenvalue weighted by Gasteiger charge is -2.22. The van der Waals surface area contributed by atoms with Gasteiger partial charge in [-0.15, -0.1) is 0 Å². The van der Waals surface area contributed by atoms with E-state index in [4.69, 9.17) is 5.73 Å². The van der Waals surface area contributed by atoms with Gasteiger partial charge in [0, 0.05) is 23.4 Å². The summed E-state index contributed by atoms with van der Waals surface area (Å²) in [6.45, 7) is 0. The third-order valence-electron chi connectivity index (χ3n) is 1.98. The van der Waals surface area contributed by atoms with E-state index in [0.717, 1.165) is 0 Å². The molecule has 1 rings (SSSR count). The second-order valence-electron chi connectivity index (χ2n) is 3.01. The summed E-state index contributed by atoms with van der Waals surface area (Å²) in [5.41, 5.74) is 3.94. The molecule has 1 atom stereocenters. The van der Waals surface area contributed by atoms with Crippen molar-refractivity contribution in [2.75, 3.05) is 5.33 Å². The van der Waals surface area contributed by atoms with Gasteiger partial charge in [0.1, 0.15) is 5.83 Å². The Balaban J connectivity index is 3.11. The van der Waals surface area contributed by atoms with Gasteiger partial charge in [-0.3, -0.25) is 0 Å². The maximum Gasteiger partial charge on any atom is 0.418 e. The Morgan fingerprint density at radius 2 is 2.07 bits per heavy atom. The van der Waals surface area contributed by atoms with E-state index in [1.165, 1.54) is 0 Å². The van der Waals surface area contributed by atoms with Crippen LogP contribution in [0.4, 0.5) is 17.6 Å². The van der Waals surface area contributed by atoms with Gasteiger partial charge >= 0.3 is 6.18 Å². The maximum atomic E-state index is 12.8. The summed E-state index contributed by atoms with van der Waals surface area (Å²) in [5.74, 6) is -1.40. The first-order valence-corrected chi connectivity index (χ1v) is 4.97. The molecular weight excluding hydrogens is 266 g/mol. The first kappa shape index (κ1) is 11.6. The Morgan fingerprint density at radius 3 is 2.50 bits per heavy atom. The number of rotatable bonds is 1. The minimum absolute atomic E-state index is 0.0728. The van der Waals surface area contributed by atoms with E-state index < -0.39 is 23.5 Å². The highest BCUT2D eigenvalue weighted by Crippen LogP contribution is 2.37. The van der Waals surface area contributed by atoms with Crippen LogP contribution in [0, 0.1) is 5.92 Å². The lowest BCUT2D eigenvalue weighted by molar-refractivity contribution is -0.0900. The highest BCUT2D eigenvalue weighted by atomic mass is 79.9. The topological polar surface area (TPSA) is 26.0 Å². The zero-order chi connectivity index (χ0) is 10.9. The summed E-state index contributed by atoms with van der Waals surface area (Å²) in [5, 5.41) is 0.222. The lowest BCUT2D eigenvalue weighted by Crippen LogP contribution is -2.25. The van der Waals surface area contributed by atoms with Crippen LogP contribution in [-0.4, -0.2) is 11.5 Å². The Hall–Kier alpha value is -0.520. The largest absolute Gasteiger partial charge is 0.418 e. The number of hydrogen-bond acceptors (Lipinski definition) is 1. The molecule has 80 valence electrons. The average Bonchev–Trinajstić information content (AvgIpc) is 2.06. The van der Waals surface area contributed by atoms with Crippen molar-refractivity contribution >= 4 is 15.9 Å². The first-order valence-electron chi connectivity index (χ1n) is 3.85. The second-order valence-corrected chi connectivity index (χ2v) is 3.66. The highest BCUT2D eigenvalue weighted by molar-refractivity contribution is 9.09. The quantitative estimate of drug-likeness (QED) is 0.577. The van der Waals surface area contributed by atoms with Crippen molar-refractivity contribution in [2.24, 2.45) is 11.7 Å². The van der Waals surface area contributed by atoms with Crippen LogP contribution in [0.3, 0.4) is 0 Å². The van der Waals surface area contributed by atoms with Gasteiger partial charge in [0.05, 0.1) is 5.57 Å². The van der Waals surface area contributed by atoms with E-state index in [1.807, 2.05) is 0 Å². The summed E-state index contributed by atoms with van der Waals surface area (Å²) >= 11 is 3.00. The smallest absolute Gasteiger partial charge is 0.401 e. The van der Waals surface area contributed by atoms with Gasteiger partial charge in [-0.2, -0.15) is 13.2 Å². The molecule has 0 saturated heterocycles. The molecule has 1 aliphatic rings. The molecule has 0 heterocycles. The molecule has 1 nitrogen and oxygen atoms in total. The van der Waals surface area contributed by atoms with Crippen LogP contribution in [-0.2, 0) is 0 Å². The van der Waals surface area contributed by atoms with Crippen molar-refractivity contribution in [3.05, 3.63) is 23.2 Å². The molecule has 0 amide bonds. The van der Waals surface area contributed by atoms with Gasteiger partial charge in [-0.25, -0.2) is 4.39 Å². The Morgan fingerprint density at radius 1 is 1.50 bits per heavy atom. The van der Waals surface area contributed by atoms with Crippen molar-refractivity contribution in [2.45, 2.75) is 12.6 Å². The molecule has 0 aromatic heterocycles. The molecule has 0 aliphatic heterocycles. The van der Waals surface area contributed by atoms with Gasteiger partial charge < -0.3 is 5.73 Å². The van der Waals surface area contributed by atoms with E-state index in [0.29, 0.717) is 6.08 Å². The molecule has 0 unspecified atom stereocenters. The van der Waals surface area contributed by atoms with Crippen LogP contribution in [0.1, 0.15) is 6.42 Å². The Labute approximate surface area is 86.8 Å². The van der Waals surface area contributed by atoms with Crippen LogP contribution in [0.2, 0.25) is 0 Å². The Bertz CT molecular complexity index is 292. The van der Waals surface area contributed by atoms with Crippen molar-refractivity contribution in [3.63, 3.8) is 0 Å². The van der Waals surface area contributed by atoms with Crippen LogP contribution in [0.25, 0.3) is 0 Å². The third-order valence-corrected chi connectivity index (χ3v) is 2.77. The molecule has 0 aromatic rings. The normalized spacial score (nSPS) is 23.8. The molecule has 0 fully saturated rings. The standard InChI is InChI=1S/C8H8BrF4N/c9-3-4-1-5(10)2-6(7(4)14)8(11,12)13/h2,4H,1,3,14H2/t4-/m1/s1. The molecule has 0 aromatic carbocycles. The molecule has 0 bridgehead atoms. The summed E-state index contributed by atoms with van der Waals surface area (Å²) in [6.07, 6.45) is -4.19. The van der Waals surface area contributed by atoms with E-state index >= 15 is 0 Å². The molecule has 0 spiro atoms. The predicted molar refractivity (Wildman–Crippen MR) is 48.4 cm³/mol. The number of alkyl halides is 4. The van der Waals surface area contributed by atoms with Crippen molar-refractivity contribution < 1.29 is 17.6 Å². The van der Waals surface area contributed by atoms with Crippen molar-refractivity contribution in [1.29, 1.82) is 0 Å². The minimum atomic E-state index is -4.58. The highest BCUT2D eigenvalue weighted by Gasteiger charge is 2.38. The number of halogens is 5. The number of nitrogens with two attached hydrogens (primary N) is 1. The third kappa shape index (κ3) is 2.29. The second kappa shape index (κ2) is 3.92. The van der Waals surface area contributed by atoms with Crippen LogP contribution >= 0.6 is 15.9 Å². The average molecular weight is 274 g/mol. The maximum absolute atomic E-state index is 12.8. The molecule has 0 saturated carbocycles. The fourth-order valence-electron chi connectivity index (χ4n) is 1.25. The number of hydrogen-bond donors (Lipinski definition) is 1. The zero-order valence-corrected chi connectivity index (χ0v) is 8.62. The molecule has 6 heteroatoms. The van der Waals surface area contributed by atoms with E-state index in [-0.39, 0.29) is 17.4 Å². The van der Waals surface area contributed by atoms with E-state index in [2.05, 4.69) is 15.9 Å². The van der Waals surface area contributed by atoms with Crippen LogP contribution < -0.4 is 5.73 Å². The lowest BCUT2D eigenvalue weighted by atomic mass is 9.93. The first-order chi connectivity index (χ1) is 6.36. The van der Waals surface area contributed by atoms with E-state index in [1.54, 1.807) is 0 Å². The summed E-state index contributed by atoms with van der Waals surface area (Å²) in [7, 11) is 0. The van der Waals surface area contributed by atoms with Crippen LogP contribution in [0.15, 0.2) is 23.2 Å². The summed E-state index contributed by atoms with van der Waals surface area (Å²) < 4.78 is 49.8. The molecule has 2 N–H and O–H groups in total. The van der Waals surface area contributed by atoms with E-state index in [9.17, 15) is 17.6 Å². The molecular formula is C8H8BrF4N. The van der Waals surface area contributed by atoms with Crippen molar-refractivity contribution in [3.8, 4) is 0 Å². The zero-order valence-electron chi connectivity index (χ0n) is 7.04. The summed E-state index contributed by atoms with van der Waals surface area (Å²) in [4.78, 5) is 0. The minimum Gasteiger partial charge on any atom is -0.401 e. The monoisotopic (exact) mass is 273 g/mol. The van der Waals surface area contributed by atoms with Gasteiger partial charge in [0.2, 0.25) is 0 Å². The SMILES string of the molecule is NC1=C(C(F)(F)F)C=C(F)C[C@@H]1CBr. The molecule has 1 aliphatic carbocycles. The van der Waals surface area contributed by atoms with Gasteiger partial charge in [-0.05, 0) is 6.08 Å². The van der Waals surface area contributed by atoms with Crippen LogP contribution in [0.5, 0.6) is 0 Å². The van der Waals surface area contributed by atoms with Gasteiger partial charge in [0.15, 0.2) is 0 Å². The summed E-state index contributed by atoms with van der Waals surface area (Å²) in [6, 6.07) is 0. The Kier molecular flexibility index (Phi) is 3.24.